The number of amides is 3. The van der Waals surface area contributed by atoms with Gasteiger partial charge in [0.2, 0.25) is 5.91 Å². The topological polar surface area (TPSA) is 135 Å². The molecule has 0 bridgehead atoms. The molecule has 5 aromatic rings. The highest BCUT2D eigenvalue weighted by atomic mass is 16.6. The van der Waals surface area contributed by atoms with Crippen LogP contribution in [0.4, 0.5) is 10.5 Å². The number of aliphatic hydroxyl groups excluding tert-OH is 1. The zero-order chi connectivity index (χ0) is 40.4. The first-order valence-electron chi connectivity index (χ1n) is 19.3. The van der Waals surface area contributed by atoms with E-state index in [0.717, 1.165) is 16.0 Å². The Morgan fingerprint density at radius 3 is 2.17 bits per heavy atom. The summed E-state index contributed by atoms with van der Waals surface area (Å²) in [6, 6.07) is 37.8. The van der Waals surface area contributed by atoms with Crippen LogP contribution in [0.5, 0.6) is 5.75 Å². The second-order valence-corrected chi connectivity index (χ2v) is 14.6. The lowest BCUT2D eigenvalue weighted by atomic mass is 9.65. The number of esters is 2. The molecule has 1 spiro atoms. The third-order valence-electron chi connectivity index (χ3n) is 11.3. The van der Waals surface area contributed by atoms with Crippen molar-refractivity contribution < 1.29 is 38.5 Å². The molecule has 8 rings (SSSR count). The van der Waals surface area contributed by atoms with E-state index in [1.807, 2.05) is 109 Å². The molecule has 3 amide bonds. The number of imide groups is 1. The van der Waals surface area contributed by atoms with E-state index in [1.165, 1.54) is 6.08 Å². The summed E-state index contributed by atoms with van der Waals surface area (Å²) in [6.45, 7) is 5.14. The van der Waals surface area contributed by atoms with Crippen molar-refractivity contribution >= 4 is 29.6 Å². The van der Waals surface area contributed by atoms with E-state index < -0.39 is 65.5 Å². The highest BCUT2D eigenvalue weighted by molar-refractivity contribution is 6.24. The van der Waals surface area contributed by atoms with Gasteiger partial charge in [0.05, 0.1) is 30.4 Å². The fourth-order valence-corrected chi connectivity index (χ4v) is 9.07. The largest absolute Gasteiger partial charge is 0.491 e. The number of benzene rings is 5. The van der Waals surface area contributed by atoms with Gasteiger partial charge in [-0.15, -0.1) is 0 Å². The van der Waals surface area contributed by atoms with Gasteiger partial charge in [0, 0.05) is 0 Å². The van der Waals surface area contributed by atoms with Crippen LogP contribution in [-0.4, -0.2) is 59.7 Å². The monoisotopic (exact) mass is 777 g/mol. The van der Waals surface area contributed by atoms with Crippen LogP contribution < -0.4 is 15.0 Å². The van der Waals surface area contributed by atoms with Crippen LogP contribution in [0.25, 0.3) is 0 Å². The molecule has 2 N–H and O–H groups in total. The molecule has 0 saturated carbocycles. The molecule has 3 aliphatic rings. The van der Waals surface area contributed by atoms with E-state index in [2.05, 4.69) is 11.9 Å². The van der Waals surface area contributed by atoms with Gasteiger partial charge in [-0.1, -0.05) is 134 Å². The Morgan fingerprint density at radius 2 is 1.48 bits per heavy atom. The molecule has 58 heavy (non-hydrogen) atoms. The number of carbonyl (C=O) groups is 4. The Bertz CT molecular complexity index is 2320. The third kappa shape index (κ3) is 6.42. The van der Waals surface area contributed by atoms with Gasteiger partial charge in [-0.05, 0) is 52.9 Å². The first-order chi connectivity index (χ1) is 28.3. The average molecular weight is 778 g/mol. The standard InChI is InChI=1S/C47H43N3O8/c1-3-27-57-43(52)38-40-44(53)58-41(33-20-11-6-12-21-33)39(32-18-9-5-10-19-32)50(40)42(34-22-15-23-35(29-34)56-28-26-51)47(38)36-24-13-14-25-37(36)49(45(47)54)46(55)48-30(2)31-16-7-4-8-17-31/h3-25,29-30,38-42,51H,1,26-28H2,2H3,(H,48,55). The molecule has 0 aromatic heterocycles. The molecular formula is C47H43N3O8. The van der Waals surface area contributed by atoms with Crippen molar-refractivity contribution in [2.24, 2.45) is 5.92 Å². The van der Waals surface area contributed by atoms with Crippen LogP contribution in [-0.2, 0) is 29.3 Å². The zero-order valence-electron chi connectivity index (χ0n) is 31.8. The van der Waals surface area contributed by atoms with Crippen molar-refractivity contribution in [3.63, 3.8) is 0 Å². The zero-order valence-corrected chi connectivity index (χ0v) is 31.8. The number of rotatable bonds is 11. The lowest BCUT2D eigenvalue weighted by Gasteiger charge is -2.46. The van der Waals surface area contributed by atoms with Crippen LogP contribution in [0.1, 0.15) is 59.0 Å². The minimum Gasteiger partial charge on any atom is -0.491 e. The number of nitrogens with zero attached hydrogens (tertiary/aromatic N) is 2. The number of fused-ring (bicyclic) bond motifs is 3. The van der Waals surface area contributed by atoms with Crippen molar-refractivity contribution in [2.45, 2.75) is 42.6 Å². The molecule has 3 heterocycles. The molecule has 2 saturated heterocycles. The molecule has 11 heteroatoms. The number of para-hydroxylation sites is 1. The third-order valence-corrected chi connectivity index (χ3v) is 11.3. The van der Waals surface area contributed by atoms with Gasteiger partial charge in [-0.2, -0.15) is 0 Å². The lowest BCUT2D eigenvalue weighted by molar-refractivity contribution is -0.180. The number of urea groups is 1. The molecule has 2 fully saturated rings. The van der Waals surface area contributed by atoms with Gasteiger partial charge in [0.25, 0.3) is 0 Å². The number of carbonyl (C=O) groups excluding carboxylic acids is 4. The van der Waals surface area contributed by atoms with Gasteiger partial charge < -0.3 is 24.6 Å². The summed E-state index contributed by atoms with van der Waals surface area (Å²) in [7, 11) is 0. The van der Waals surface area contributed by atoms with Crippen LogP contribution in [0.2, 0.25) is 0 Å². The predicted octanol–water partition coefficient (Wildman–Crippen LogP) is 6.92. The van der Waals surface area contributed by atoms with E-state index in [4.69, 9.17) is 14.2 Å². The van der Waals surface area contributed by atoms with Crippen LogP contribution in [0.3, 0.4) is 0 Å². The van der Waals surface area contributed by atoms with E-state index >= 15 is 4.79 Å². The molecule has 0 radical (unpaired) electrons. The summed E-state index contributed by atoms with van der Waals surface area (Å²) in [6.07, 6.45) is 0.546. The molecule has 7 unspecified atom stereocenters. The quantitative estimate of drug-likeness (QED) is 0.108. The molecule has 294 valence electrons. The van der Waals surface area contributed by atoms with Crippen LogP contribution in [0.15, 0.2) is 152 Å². The first kappa shape index (κ1) is 38.3. The maximum atomic E-state index is 16.0. The van der Waals surface area contributed by atoms with Crippen molar-refractivity contribution in [3.05, 3.63) is 180 Å². The summed E-state index contributed by atoms with van der Waals surface area (Å²) >= 11 is 0. The molecular weight excluding hydrogens is 735 g/mol. The Kier molecular flexibility index (Phi) is 10.7. The maximum Gasteiger partial charge on any atom is 0.329 e. The number of aliphatic hydroxyl groups is 1. The minimum atomic E-state index is -1.93. The number of nitrogens with one attached hydrogen (secondary N) is 1. The summed E-state index contributed by atoms with van der Waals surface area (Å²) in [5, 5.41) is 12.7. The van der Waals surface area contributed by atoms with Crippen molar-refractivity contribution in [2.75, 3.05) is 24.7 Å². The lowest BCUT2D eigenvalue weighted by Crippen LogP contribution is -2.54. The first-order valence-corrected chi connectivity index (χ1v) is 19.3. The van der Waals surface area contributed by atoms with E-state index in [9.17, 15) is 19.5 Å². The fourth-order valence-electron chi connectivity index (χ4n) is 9.07. The SMILES string of the molecule is C=CCOC(=O)C1C2C(=O)OC(c3ccccc3)C(c3ccccc3)N2C(c2cccc(OCCO)c2)C12C(=O)N(C(=O)NC(C)c1ccccc1)c1ccccc12. The summed E-state index contributed by atoms with van der Waals surface area (Å²) in [5.41, 5.74) is 1.56. The Morgan fingerprint density at radius 1 is 0.845 bits per heavy atom. The van der Waals surface area contributed by atoms with Gasteiger partial charge in [-0.3, -0.25) is 19.3 Å². The van der Waals surface area contributed by atoms with E-state index in [-0.39, 0.29) is 25.5 Å². The molecule has 5 aromatic carbocycles. The van der Waals surface area contributed by atoms with Crippen LogP contribution >= 0.6 is 0 Å². The van der Waals surface area contributed by atoms with Gasteiger partial charge in [0.1, 0.15) is 42.4 Å². The number of hydrogen-bond donors (Lipinski definition) is 2. The Labute approximate surface area is 336 Å². The second-order valence-electron chi connectivity index (χ2n) is 14.6. The van der Waals surface area contributed by atoms with E-state index in [1.54, 1.807) is 42.5 Å². The molecule has 7 atom stereocenters. The highest BCUT2D eigenvalue weighted by Crippen LogP contribution is 2.66. The number of morpholine rings is 1. The Hall–Kier alpha value is -6.56. The van der Waals surface area contributed by atoms with Gasteiger partial charge in [-0.25, -0.2) is 9.69 Å². The van der Waals surface area contributed by atoms with E-state index in [0.29, 0.717) is 22.4 Å². The second kappa shape index (κ2) is 16.1. The van der Waals surface area contributed by atoms with Gasteiger partial charge in [0.15, 0.2) is 0 Å². The van der Waals surface area contributed by atoms with Crippen molar-refractivity contribution in [3.8, 4) is 5.75 Å². The smallest absolute Gasteiger partial charge is 0.329 e. The summed E-state index contributed by atoms with van der Waals surface area (Å²) in [5.74, 6) is -3.36. The predicted molar refractivity (Wildman–Crippen MR) is 215 cm³/mol. The highest BCUT2D eigenvalue weighted by Gasteiger charge is 2.76. The molecule has 3 aliphatic heterocycles. The number of ether oxygens (including phenoxy) is 3. The Balaban J connectivity index is 1.40. The number of anilines is 1. The number of cyclic esters (lactones) is 1. The maximum absolute atomic E-state index is 16.0. The summed E-state index contributed by atoms with van der Waals surface area (Å²) < 4.78 is 18.2. The van der Waals surface area contributed by atoms with Crippen molar-refractivity contribution in [1.29, 1.82) is 0 Å². The minimum absolute atomic E-state index is 0.00641. The molecule has 0 aliphatic carbocycles. The summed E-state index contributed by atoms with van der Waals surface area (Å²) in [4.78, 5) is 63.5. The molecule has 11 nitrogen and oxygen atoms in total. The normalized spacial score (nSPS) is 24.0. The van der Waals surface area contributed by atoms with Gasteiger partial charge >= 0.3 is 18.0 Å². The number of hydrogen-bond acceptors (Lipinski definition) is 9. The fraction of sp³-hybridized carbons (Fsp3) is 0.234. The van der Waals surface area contributed by atoms with Crippen molar-refractivity contribution in [1.82, 2.24) is 10.2 Å². The van der Waals surface area contributed by atoms with Crippen LogP contribution in [0, 0.1) is 5.92 Å². The average Bonchev–Trinajstić information content (AvgIpc) is 3.72.